The van der Waals surface area contributed by atoms with E-state index < -0.39 is 6.04 Å². The molecule has 0 aliphatic heterocycles. The lowest BCUT2D eigenvalue weighted by Gasteiger charge is -2.12. The van der Waals surface area contributed by atoms with Gasteiger partial charge in [0, 0.05) is 0 Å². The maximum absolute atomic E-state index is 6.08. The van der Waals surface area contributed by atoms with Gasteiger partial charge in [0.15, 0.2) is 0 Å². The van der Waals surface area contributed by atoms with Crippen LogP contribution in [0.25, 0.3) is 0 Å². The van der Waals surface area contributed by atoms with Crippen molar-refractivity contribution < 1.29 is 13.9 Å². The van der Waals surface area contributed by atoms with Crippen LogP contribution in [0.2, 0.25) is 0 Å². The van der Waals surface area contributed by atoms with Gasteiger partial charge in [-0.1, -0.05) is 0 Å². The zero-order valence-corrected chi connectivity index (χ0v) is 10.5. The van der Waals surface area contributed by atoms with E-state index in [1.807, 2.05) is 19.1 Å². The van der Waals surface area contributed by atoms with E-state index >= 15 is 0 Å². The van der Waals surface area contributed by atoms with Crippen molar-refractivity contribution in [3.8, 4) is 11.8 Å². The third-order valence-electron chi connectivity index (χ3n) is 2.51. The first-order valence-electron chi connectivity index (χ1n) is 5.42. The highest BCUT2D eigenvalue weighted by Gasteiger charge is 2.20. The topological polar surface area (TPSA) is 83.4 Å². The van der Waals surface area contributed by atoms with E-state index in [4.69, 9.17) is 19.6 Å². The van der Waals surface area contributed by atoms with Crippen LogP contribution in [0, 0.1) is 6.92 Å². The summed E-state index contributed by atoms with van der Waals surface area (Å²) in [5.41, 5.74) is 6.59. The predicted molar refractivity (Wildman–Crippen MR) is 64.6 cm³/mol. The number of furan rings is 1. The third-order valence-corrected chi connectivity index (χ3v) is 2.51. The van der Waals surface area contributed by atoms with Gasteiger partial charge in [0.25, 0.3) is 0 Å². The number of rotatable bonds is 4. The molecule has 0 aliphatic rings. The standard InChI is InChI=1S/C12H15N3O3/c1-7-4-5-8(18-7)10(13)11-12(17-3)15-9(16-2)6-14-11/h4-6,10H,13H2,1-3H3. The molecule has 2 aromatic rings. The summed E-state index contributed by atoms with van der Waals surface area (Å²) < 4.78 is 15.6. The van der Waals surface area contributed by atoms with Crippen LogP contribution in [0.15, 0.2) is 22.7 Å². The molecule has 0 fully saturated rings. The fourth-order valence-electron chi connectivity index (χ4n) is 1.58. The minimum Gasteiger partial charge on any atom is -0.480 e. The van der Waals surface area contributed by atoms with E-state index in [1.54, 1.807) is 0 Å². The molecule has 96 valence electrons. The molecule has 18 heavy (non-hydrogen) atoms. The van der Waals surface area contributed by atoms with Crippen molar-refractivity contribution in [2.75, 3.05) is 14.2 Å². The fourth-order valence-corrected chi connectivity index (χ4v) is 1.58. The number of methoxy groups -OCH3 is 2. The molecule has 0 aliphatic carbocycles. The van der Waals surface area contributed by atoms with Crippen molar-refractivity contribution in [3.63, 3.8) is 0 Å². The summed E-state index contributed by atoms with van der Waals surface area (Å²) in [7, 11) is 3.02. The molecule has 2 heterocycles. The van der Waals surface area contributed by atoms with Crippen LogP contribution in [-0.4, -0.2) is 24.2 Å². The Morgan fingerprint density at radius 3 is 2.61 bits per heavy atom. The van der Waals surface area contributed by atoms with Gasteiger partial charge in [0.05, 0.1) is 20.4 Å². The van der Waals surface area contributed by atoms with E-state index in [9.17, 15) is 0 Å². The smallest absolute Gasteiger partial charge is 0.240 e. The number of aromatic nitrogens is 2. The summed E-state index contributed by atoms with van der Waals surface area (Å²) in [6.07, 6.45) is 1.49. The fraction of sp³-hybridized carbons (Fsp3) is 0.333. The van der Waals surface area contributed by atoms with Crippen LogP contribution >= 0.6 is 0 Å². The van der Waals surface area contributed by atoms with Crippen LogP contribution in [0.5, 0.6) is 11.8 Å². The maximum Gasteiger partial charge on any atom is 0.240 e. The number of nitrogens with zero attached hydrogens (tertiary/aromatic N) is 2. The lowest BCUT2D eigenvalue weighted by molar-refractivity contribution is 0.352. The van der Waals surface area contributed by atoms with Crippen LogP contribution in [0.1, 0.15) is 23.3 Å². The summed E-state index contributed by atoms with van der Waals surface area (Å²) in [6.45, 7) is 1.85. The van der Waals surface area contributed by atoms with Crippen molar-refractivity contribution in [1.82, 2.24) is 9.97 Å². The number of hydrogen-bond donors (Lipinski definition) is 1. The van der Waals surface area contributed by atoms with E-state index in [0.29, 0.717) is 23.2 Å². The van der Waals surface area contributed by atoms with Gasteiger partial charge in [-0.2, -0.15) is 4.98 Å². The van der Waals surface area contributed by atoms with Crippen molar-refractivity contribution >= 4 is 0 Å². The molecule has 0 radical (unpaired) electrons. The van der Waals surface area contributed by atoms with Crippen molar-refractivity contribution in [2.45, 2.75) is 13.0 Å². The Kier molecular flexibility index (Phi) is 3.47. The first kappa shape index (κ1) is 12.4. The summed E-state index contributed by atoms with van der Waals surface area (Å²) in [4.78, 5) is 8.34. The molecular weight excluding hydrogens is 234 g/mol. The molecule has 2 aromatic heterocycles. The van der Waals surface area contributed by atoms with Gasteiger partial charge in [-0.15, -0.1) is 0 Å². The Hall–Kier alpha value is -2.08. The molecule has 0 amide bonds. The average molecular weight is 249 g/mol. The van der Waals surface area contributed by atoms with Gasteiger partial charge < -0.3 is 19.6 Å². The Morgan fingerprint density at radius 1 is 1.28 bits per heavy atom. The van der Waals surface area contributed by atoms with Crippen LogP contribution in [-0.2, 0) is 0 Å². The SMILES string of the molecule is COc1cnc(C(N)c2ccc(C)o2)c(OC)n1. The first-order valence-corrected chi connectivity index (χ1v) is 5.42. The minimum absolute atomic E-state index is 0.330. The van der Waals surface area contributed by atoms with Gasteiger partial charge >= 0.3 is 0 Å². The second kappa shape index (κ2) is 5.05. The molecule has 2 N–H and O–H groups in total. The van der Waals surface area contributed by atoms with Crippen LogP contribution in [0.4, 0.5) is 0 Å². The van der Waals surface area contributed by atoms with Gasteiger partial charge in [0.1, 0.15) is 23.3 Å². The molecule has 6 heteroatoms. The molecule has 6 nitrogen and oxygen atoms in total. The molecule has 0 bridgehead atoms. The normalized spacial score (nSPS) is 12.2. The zero-order valence-electron chi connectivity index (χ0n) is 10.5. The Morgan fingerprint density at radius 2 is 2.06 bits per heavy atom. The molecule has 1 atom stereocenters. The van der Waals surface area contributed by atoms with Crippen molar-refractivity contribution in [1.29, 1.82) is 0 Å². The Labute approximate surface area is 105 Å². The Bertz CT molecular complexity index is 539. The number of aryl methyl sites for hydroxylation is 1. The summed E-state index contributed by atoms with van der Waals surface area (Å²) in [5.74, 6) is 2.11. The number of ether oxygens (including phenoxy) is 2. The molecule has 0 saturated carbocycles. The van der Waals surface area contributed by atoms with Gasteiger partial charge in [-0.05, 0) is 19.1 Å². The highest BCUT2D eigenvalue weighted by Crippen LogP contribution is 2.27. The van der Waals surface area contributed by atoms with Gasteiger partial charge in [0.2, 0.25) is 11.8 Å². The lowest BCUT2D eigenvalue weighted by Crippen LogP contribution is -2.15. The second-order valence-corrected chi connectivity index (χ2v) is 3.73. The molecule has 0 saturated heterocycles. The predicted octanol–water partition coefficient (Wildman–Crippen LogP) is 1.44. The quantitative estimate of drug-likeness (QED) is 0.882. The average Bonchev–Trinajstić information content (AvgIpc) is 2.83. The molecule has 2 rings (SSSR count). The van der Waals surface area contributed by atoms with Crippen LogP contribution < -0.4 is 15.2 Å². The van der Waals surface area contributed by atoms with E-state index in [0.717, 1.165) is 5.76 Å². The number of hydrogen-bond acceptors (Lipinski definition) is 6. The van der Waals surface area contributed by atoms with Crippen molar-refractivity contribution in [3.05, 3.63) is 35.5 Å². The molecular formula is C12H15N3O3. The van der Waals surface area contributed by atoms with Gasteiger partial charge in [-0.3, -0.25) is 0 Å². The van der Waals surface area contributed by atoms with Crippen LogP contribution in [0.3, 0.4) is 0 Å². The minimum atomic E-state index is -0.521. The Balaban J connectivity index is 2.38. The monoisotopic (exact) mass is 249 g/mol. The zero-order chi connectivity index (χ0) is 13.1. The highest BCUT2D eigenvalue weighted by atomic mass is 16.5. The van der Waals surface area contributed by atoms with E-state index in [1.165, 1.54) is 20.4 Å². The lowest BCUT2D eigenvalue weighted by atomic mass is 10.1. The van der Waals surface area contributed by atoms with Gasteiger partial charge in [-0.25, -0.2) is 4.98 Å². The van der Waals surface area contributed by atoms with E-state index in [-0.39, 0.29) is 0 Å². The molecule has 0 spiro atoms. The summed E-state index contributed by atoms with van der Waals surface area (Å²) in [5, 5.41) is 0. The van der Waals surface area contributed by atoms with Crippen molar-refractivity contribution in [2.24, 2.45) is 5.73 Å². The largest absolute Gasteiger partial charge is 0.480 e. The maximum atomic E-state index is 6.08. The second-order valence-electron chi connectivity index (χ2n) is 3.73. The first-order chi connectivity index (χ1) is 8.65. The number of nitrogens with two attached hydrogens (primary N) is 1. The summed E-state index contributed by atoms with van der Waals surface area (Å²) in [6, 6.07) is 3.14. The molecule has 0 aromatic carbocycles. The molecule has 1 unspecified atom stereocenters. The third kappa shape index (κ3) is 2.28. The van der Waals surface area contributed by atoms with E-state index in [2.05, 4.69) is 9.97 Å². The summed E-state index contributed by atoms with van der Waals surface area (Å²) >= 11 is 0. The highest BCUT2D eigenvalue weighted by molar-refractivity contribution is 5.30.